The highest BCUT2D eigenvalue weighted by molar-refractivity contribution is 7.10. The summed E-state index contributed by atoms with van der Waals surface area (Å²) in [5.41, 5.74) is 1.58. The summed E-state index contributed by atoms with van der Waals surface area (Å²) in [5.74, 6) is -0.151. The van der Waals surface area contributed by atoms with E-state index in [0.29, 0.717) is 28.7 Å². The molecule has 172 valence electrons. The number of esters is 1. The highest BCUT2D eigenvalue weighted by Crippen LogP contribution is 2.36. The van der Waals surface area contributed by atoms with Gasteiger partial charge >= 0.3 is 5.97 Å². The monoisotopic (exact) mass is 485 g/mol. The quantitative estimate of drug-likeness (QED) is 0.313. The summed E-state index contributed by atoms with van der Waals surface area (Å²) in [6.45, 7) is 1.89. The van der Waals surface area contributed by atoms with Crippen molar-refractivity contribution in [2.45, 2.75) is 13.0 Å². The first-order valence-corrected chi connectivity index (χ1v) is 11.5. The standard InChI is InChI=1S/C25H24ClNO5S/c1-3-31-20-15-17(14-19(26)25(20)30-2)11-12-23(29)32-16-22(28)27-24(21-10-7-13-33-21)18-8-5-4-6-9-18/h4-15,24H,3,16H2,1-2H3,(H,27,28)/b12-11+. The molecule has 0 aliphatic rings. The second-order valence-electron chi connectivity index (χ2n) is 6.83. The van der Waals surface area contributed by atoms with Crippen LogP contribution in [0, 0.1) is 0 Å². The van der Waals surface area contributed by atoms with Crippen LogP contribution in [0.25, 0.3) is 6.08 Å². The summed E-state index contributed by atoms with van der Waals surface area (Å²) in [6.07, 6.45) is 2.77. The van der Waals surface area contributed by atoms with Crippen molar-refractivity contribution in [3.63, 3.8) is 0 Å². The smallest absolute Gasteiger partial charge is 0.331 e. The van der Waals surface area contributed by atoms with Crippen molar-refractivity contribution in [3.05, 3.63) is 87.1 Å². The Hall–Kier alpha value is -3.29. The second kappa shape index (κ2) is 12.1. The maximum absolute atomic E-state index is 12.5. The van der Waals surface area contributed by atoms with Crippen LogP contribution in [0.15, 0.2) is 66.1 Å². The molecular formula is C25H24ClNO5S. The average Bonchev–Trinajstić information content (AvgIpc) is 3.35. The number of thiophene rings is 1. The number of hydrogen-bond acceptors (Lipinski definition) is 6. The molecule has 3 aromatic rings. The van der Waals surface area contributed by atoms with Gasteiger partial charge in [-0.2, -0.15) is 0 Å². The fourth-order valence-corrected chi connectivity index (χ4v) is 4.22. The SMILES string of the molecule is CCOc1cc(/C=C/C(=O)OCC(=O)NC(c2ccccc2)c2cccs2)cc(Cl)c1OC. The Kier molecular flexibility index (Phi) is 8.92. The molecule has 6 nitrogen and oxygen atoms in total. The van der Waals surface area contributed by atoms with Crippen LogP contribution in [-0.4, -0.2) is 32.2 Å². The minimum Gasteiger partial charge on any atom is -0.491 e. The fourth-order valence-electron chi connectivity index (χ4n) is 3.12. The van der Waals surface area contributed by atoms with Crippen LogP contribution in [0.2, 0.25) is 5.02 Å². The Morgan fingerprint density at radius 2 is 1.94 bits per heavy atom. The number of amides is 1. The fraction of sp³-hybridized carbons (Fsp3) is 0.200. The molecule has 0 bridgehead atoms. The second-order valence-corrected chi connectivity index (χ2v) is 8.22. The normalized spacial score (nSPS) is 11.7. The molecule has 0 radical (unpaired) electrons. The first-order chi connectivity index (χ1) is 16.0. The van der Waals surface area contributed by atoms with Crippen LogP contribution in [0.5, 0.6) is 11.5 Å². The number of carbonyl (C=O) groups is 2. The van der Waals surface area contributed by atoms with Gasteiger partial charge < -0.3 is 19.5 Å². The van der Waals surface area contributed by atoms with Gasteiger partial charge in [0.15, 0.2) is 18.1 Å². The topological polar surface area (TPSA) is 73.9 Å². The number of hydrogen-bond donors (Lipinski definition) is 1. The van der Waals surface area contributed by atoms with Crippen LogP contribution in [0.1, 0.15) is 29.0 Å². The minimum absolute atomic E-state index is 0.314. The molecule has 0 spiro atoms. The first-order valence-electron chi connectivity index (χ1n) is 10.2. The third-order valence-corrected chi connectivity index (χ3v) is 5.78. The van der Waals surface area contributed by atoms with Crippen molar-refractivity contribution in [3.8, 4) is 11.5 Å². The summed E-state index contributed by atoms with van der Waals surface area (Å²) in [6, 6.07) is 16.5. The zero-order valence-electron chi connectivity index (χ0n) is 18.2. The largest absolute Gasteiger partial charge is 0.491 e. The molecule has 1 unspecified atom stereocenters. The average molecular weight is 486 g/mol. The predicted octanol–water partition coefficient (Wildman–Crippen LogP) is 5.27. The zero-order chi connectivity index (χ0) is 23.6. The first kappa shape index (κ1) is 24.4. The third-order valence-electron chi connectivity index (χ3n) is 4.56. The van der Waals surface area contributed by atoms with Gasteiger partial charge in [-0.15, -0.1) is 11.3 Å². The highest BCUT2D eigenvalue weighted by Gasteiger charge is 2.18. The van der Waals surface area contributed by atoms with Gasteiger partial charge in [0, 0.05) is 11.0 Å². The van der Waals surface area contributed by atoms with Crippen molar-refractivity contribution in [1.29, 1.82) is 0 Å². The minimum atomic E-state index is -0.651. The summed E-state index contributed by atoms with van der Waals surface area (Å²) in [7, 11) is 1.50. The number of benzene rings is 2. The van der Waals surface area contributed by atoms with Crippen molar-refractivity contribution in [1.82, 2.24) is 5.32 Å². The molecule has 1 atom stereocenters. The molecular weight excluding hydrogens is 462 g/mol. The van der Waals surface area contributed by atoms with Gasteiger partial charge in [-0.25, -0.2) is 4.79 Å². The molecule has 0 aliphatic heterocycles. The molecule has 0 saturated carbocycles. The van der Waals surface area contributed by atoms with Crippen molar-refractivity contribution in [2.24, 2.45) is 0 Å². The molecule has 3 rings (SSSR count). The van der Waals surface area contributed by atoms with Crippen molar-refractivity contribution >= 4 is 40.9 Å². The predicted molar refractivity (Wildman–Crippen MR) is 130 cm³/mol. The number of ether oxygens (including phenoxy) is 3. The Morgan fingerprint density at radius 1 is 1.15 bits per heavy atom. The van der Waals surface area contributed by atoms with E-state index in [1.54, 1.807) is 23.5 Å². The molecule has 0 aliphatic carbocycles. The van der Waals surface area contributed by atoms with E-state index in [9.17, 15) is 9.59 Å². The summed E-state index contributed by atoms with van der Waals surface area (Å²) >= 11 is 7.77. The van der Waals surface area contributed by atoms with Crippen LogP contribution >= 0.6 is 22.9 Å². The number of rotatable bonds is 10. The molecule has 33 heavy (non-hydrogen) atoms. The maximum atomic E-state index is 12.5. The van der Waals surface area contributed by atoms with Gasteiger partial charge in [0.25, 0.3) is 5.91 Å². The van der Waals surface area contributed by atoms with E-state index in [2.05, 4.69) is 5.32 Å². The molecule has 1 N–H and O–H groups in total. The molecule has 0 saturated heterocycles. The molecule has 1 aromatic heterocycles. The van der Waals surface area contributed by atoms with Gasteiger partial charge in [-0.05, 0) is 47.7 Å². The molecule has 1 heterocycles. The zero-order valence-corrected chi connectivity index (χ0v) is 19.8. The van der Waals surface area contributed by atoms with Crippen LogP contribution in [0.4, 0.5) is 0 Å². The van der Waals surface area contributed by atoms with Gasteiger partial charge in [-0.1, -0.05) is 48.0 Å². The number of nitrogens with one attached hydrogen (secondary N) is 1. The lowest BCUT2D eigenvalue weighted by atomic mass is 10.1. The van der Waals surface area contributed by atoms with E-state index in [0.717, 1.165) is 10.4 Å². The molecule has 1 amide bonds. The number of carbonyl (C=O) groups excluding carboxylic acids is 2. The Labute approximate surface area is 201 Å². The third kappa shape index (κ3) is 6.84. The van der Waals surface area contributed by atoms with Crippen molar-refractivity contribution < 1.29 is 23.8 Å². The van der Waals surface area contributed by atoms with Crippen LogP contribution < -0.4 is 14.8 Å². The summed E-state index contributed by atoms with van der Waals surface area (Å²) < 4.78 is 15.9. The molecule has 0 fully saturated rings. The van der Waals surface area contributed by atoms with E-state index >= 15 is 0 Å². The Balaban J connectivity index is 1.60. The van der Waals surface area contributed by atoms with E-state index in [-0.39, 0.29) is 6.04 Å². The summed E-state index contributed by atoms with van der Waals surface area (Å²) in [4.78, 5) is 25.6. The van der Waals surface area contributed by atoms with E-state index in [1.165, 1.54) is 19.3 Å². The van der Waals surface area contributed by atoms with Gasteiger partial charge in [0.2, 0.25) is 0 Å². The molecule has 8 heteroatoms. The number of halogens is 1. The number of methoxy groups -OCH3 is 1. The lowest BCUT2D eigenvalue weighted by molar-refractivity contribution is -0.143. The van der Waals surface area contributed by atoms with Gasteiger partial charge in [0.05, 0.1) is 24.8 Å². The maximum Gasteiger partial charge on any atom is 0.331 e. The van der Waals surface area contributed by atoms with Gasteiger partial charge in [-0.3, -0.25) is 4.79 Å². The summed E-state index contributed by atoms with van der Waals surface area (Å²) in [5, 5.41) is 5.24. The van der Waals surface area contributed by atoms with E-state index in [4.69, 9.17) is 25.8 Å². The molecule has 2 aromatic carbocycles. The lowest BCUT2D eigenvalue weighted by Crippen LogP contribution is -2.32. The highest BCUT2D eigenvalue weighted by atomic mass is 35.5. The van der Waals surface area contributed by atoms with E-state index < -0.39 is 18.5 Å². The Bertz CT molecular complexity index is 1100. The van der Waals surface area contributed by atoms with E-state index in [1.807, 2.05) is 54.8 Å². The lowest BCUT2D eigenvalue weighted by Gasteiger charge is -2.18. The van der Waals surface area contributed by atoms with Crippen LogP contribution in [-0.2, 0) is 14.3 Å². The Morgan fingerprint density at radius 3 is 2.61 bits per heavy atom. The van der Waals surface area contributed by atoms with Gasteiger partial charge in [0.1, 0.15) is 0 Å². The van der Waals surface area contributed by atoms with Crippen LogP contribution in [0.3, 0.4) is 0 Å². The van der Waals surface area contributed by atoms with Crippen molar-refractivity contribution in [2.75, 3.05) is 20.3 Å².